The molecule has 0 spiro atoms. The van der Waals surface area contributed by atoms with Gasteiger partial charge in [-0.2, -0.15) is 0 Å². The topological polar surface area (TPSA) is 21.3 Å². The van der Waals surface area contributed by atoms with Gasteiger partial charge < -0.3 is 10.1 Å². The summed E-state index contributed by atoms with van der Waals surface area (Å²) in [4.78, 5) is 0. The lowest BCUT2D eigenvalue weighted by Crippen LogP contribution is -2.22. The molecular formula is C14H21BrClNO. The molecule has 0 radical (unpaired) electrons. The summed E-state index contributed by atoms with van der Waals surface area (Å²) < 4.78 is 6.67. The largest absolute Gasteiger partial charge is 0.492 e. The smallest absolute Gasteiger partial charge is 0.120 e. The molecule has 0 amide bonds. The lowest BCUT2D eigenvalue weighted by molar-refractivity contribution is 0.313. The molecule has 0 heterocycles. The lowest BCUT2D eigenvalue weighted by Gasteiger charge is -2.09. The van der Waals surface area contributed by atoms with Crippen LogP contribution in [0.1, 0.15) is 19.8 Å². The lowest BCUT2D eigenvalue weighted by atomic mass is 10.1. The van der Waals surface area contributed by atoms with Gasteiger partial charge in [-0.25, -0.2) is 0 Å². The third kappa shape index (κ3) is 7.24. The molecule has 0 aromatic heterocycles. The van der Waals surface area contributed by atoms with E-state index < -0.39 is 0 Å². The minimum atomic E-state index is 0.617. The Morgan fingerprint density at radius 1 is 1.39 bits per heavy atom. The van der Waals surface area contributed by atoms with Crippen molar-refractivity contribution in [3.63, 3.8) is 0 Å². The van der Waals surface area contributed by atoms with E-state index in [0.29, 0.717) is 12.5 Å². The fourth-order valence-electron chi connectivity index (χ4n) is 1.58. The van der Waals surface area contributed by atoms with Gasteiger partial charge in [0, 0.05) is 16.9 Å². The minimum absolute atomic E-state index is 0.617. The molecule has 0 bridgehead atoms. The highest BCUT2D eigenvalue weighted by Gasteiger charge is 1.99. The van der Waals surface area contributed by atoms with Crippen LogP contribution in [0.15, 0.2) is 28.7 Å². The van der Waals surface area contributed by atoms with Crippen LogP contribution in [0.25, 0.3) is 0 Å². The summed E-state index contributed by atoms with van der Waals surface area (Å²) in [5.41, 5.74) is 0. The molecule has 1 N–H and O–H groups in total. The van der Waals surface area contributed by atoms with Crippen molar-refractivity contribution in [1.82, 2.24) is 5.32 Å². The van der Waals surface area contributed by atoms with E-state index in [1.54, 1.807) is 0 Å². The van der Waals surface area contributed by atoms with E-state index in [9.17, 15) is 0 Å². The molecule has 1 aromatic rings. The van der Waals surface area contributed by atoms with Crippen molar-refractivity contribution in [3.8, 4) is 5.75 Å². The van der Waals surface area contributed by atoms with E-state index in [4.69, 9.17) is 16.3 Å². The fourth-order valence-corrected chi connectivity index (χ4v) is 2.11. The molecule has 0 fully saturated rings. The van der Waals surface area contributed by atoms with Gasteiger partial charge >= 0.3 is 0 Å². The highest BCUT2D eigenvalue weighted by Crippen LogP contribution is 2.17. The van der Waals surface area contributed by atoms with E-state index >= 15 is 0 Å². The zero-order valence-corrected chi connectivity index (χ0v) is 13.1. The van der Waals surface area contributed by atoms with Gasteiger partial charge in [0.15, 0.2) is 0 Å². The van der Waals surface area contributed by atoms with Crippen LogP contribution < -0.4 is 10.1 Å². The third-order valence-electron chi connectivity index (χ3n) is 2.66. The Balaban J connectivity index is 1.99. The Bertz CT molecular complexity index is 335. The molecule has 0 aliphatic heterocycles. The number of benzene rings is 1. The second kappa shape index (κ2) is 9.65. The standard InChI is InChI=1S/C14H21BrClNO/c1-12(11-16)4-3-7-17-8-9-18-14-6-2-5-13(15)10-14/h2,5-6,10,12,17H,3-4,7-9,11H2,1H3. The molecule has 1 atom stereocenters. The van der Waals surface area contributed by atoms with E-state index in [0.717, 1.165) is 29.2 Å². The average molecular weight is 335 g/mol. The van der Waals surface area contributed by atoms with Crippen LogP contribution in [-0.4, -0.2) is 25.6 Å². The Morgan fingerprint density at radius 3 is 2.94 bits per heavy atom. The summed E-state index contributed by atoms with van der Waals surface area (Å²) in [6.07, 6.45) is 2.35. The van der Waals surface area contributed by atoms with Crippen molar-refractivity contribution >= 4 is 27.5 Å². The molecule has 1 aromatic carbocycles. The highest BCUT2D eigenvalue weighted by molar-refractivity contribution is 9.10. The van der Waals surface area contributed by atoms with Crippen molar-refractivity contribution in [3.05, 3.63) is 28.7 Å². The van der Waals surface area contributed by atoms with Crippen LogP contribution in [0.4, 0.5) is 0 Å². The number of alkyl halides is 1. The molecule has 18 heavy (non-hydrogen) atoms. The van der Waals surface area contributed by atoms with Gasteiger partial charge in [-0.15, -0.1) is 11.6 Å². The van der Waals surface area contributed by atoms with E-state index in [1.165, 1.54) is 12.8 Å². The maximum absolute atomic E-state index is 5.75. The summed E-state index contributed by atoms with van der Waals surface area (Å²) in [7, 11) is 0. The van der Waals surface area contributed by atoms with E-state index in [2.05, 4.69) is 28.2 Å². The van der Waals surface area contributed by atoms with Gasteiger partial charge in [0.05, 0.1) is 0 Å². The molecule has 2 nitrogen and oxygen atoms in total. The maximum Gasteiger partial charge on any atom is 0.120 e. The van der Waals surface area contributed by atoms with Crippen LogP contribution in [0.2, 0.25) is 0 Å². The summed E-state index contributed by atoms with van der Waals surface area (Å²) >= 11 is 9.17. The van der Waals surface area contributed by atoms with Gasteiger partial charge in [0.2, 0.25) is 0 Å². The van der Waals surface area contributed by atoms with Gasteiger partial charge in [0.25, 0.3) is 0 Å². The molecular weight excluding hydrogens is 314 g/mol. The number of hydrogen-bond donors (Lipinski definition) is 1. The molecule has 0 saturated heterocycles. The average Bonchev–Trinajstić information content (AvgIpc) is 2.37. The van der Waals surface area contributed by atoms with Crippen LogP contribution in [0.3, 0.4) is 0 Å². The number of nitrogens with one attached hydrogen (secondary N) is 1. The molecule has 1 rings (SSSR count). The summed E-state index contributed by atoms with van der Waals surface area (Å²) in [5, 5.41) is 3.37. The van der Waals surface area contributed by atoms with Crippen molar-refractivity contribution in [1.29, 1.82) is 0 Å². The number of rotatable bonds is 9. The van der Waals surface area contributed by atoms with E-state index in [1.807, 2.05) is 24.3 Å². The molecule has 102 valence electrons. The van der Waals surface area contributed by atoms with E-state index in [-0.39, 0.29) is 0 Å². The monoisotopic (exact) mass is 333 g/mol. The molecule has 1 unspecified atom stereocenters. The van der Waals surface area contributed by atoms with Crippen molar-refractivity contribution in [2.45, 2.75) is 19.8 Å². The molecule has 0 saturated carbocycles. The summed E-state index contributed by atoms with van der Waals surface area (Å²) in [5.74, 6) is 2.28. The van der Waals surface area contributed by atoms with Crippen LogP contribution in [-0.2, 0) is 0 Å². The van der Waals surface area contributed by atoms with Crippen LogP contribution in [0, 0.1) is 5.92 Å². The van der Waals surface area contributed by atoms with Crippen molar-refractivity contribution in [2.24, 2.45) is 5.92 Å². The molecule has 0 aliphatic carbocycles. The predicted molar refractivity (Wildman–Crippen MR) is 81.6 cm³/mol. The van der Waals surface area contributed by atoms with Crippen molar-refractivity contribution in [2.75, 3.05) is 25.6 Å². The SMILES string of the molecule is CC(CCl)CCCNCCOc1cccc(Br)c1. The summed E-state index contributed by atoms with van der Waals surface area (Å²) in [6.45, 7) is 4.79. The van der Waals surface area contributed by atoms with Crippen LogP contribution >= 0.6 is 27.5 Å². The minimum Gasteiger partial charge on any atom is -0.492 e. The first-order chi connectivity index (χ1) is 8.72. The van der Waals surface area contributed by atoms with Gasteiger partial charge in [-0.1, -0.05) is 28.9 Å². The van der Waals surface area contributed by atoms with Gasteiger partial charge in [0.1, 0.15) is 12.4 Å². The second-order valence-electron chi connectivity index (χ2n) is 4.46. The zero-order valence-electron chi connectivity index (χ0n) is 10.8. The zero-order chi connectivity index (χ0) is 13.2. The Kier molecular flexibility index (Phi) is 8.47. The summed E-state index contributed by atoms with van der Waals surface area (Å²) in [6, 6.07) is 7.90. The number of hydrogen-bond acceptors (Lipinski definition) is 2. The predicted octanol–water partition coefficient (Wildman–Crippen LogP) is 4.07. The second-order valence-corrected chi connectivity index (χ2v) is 5.68. The number of halogens is 2. The highest BCUT2D eigenvalue weighted by atomic mass is 79.9. The maximum atomic E-state index is 5.75. The van der Waals surface area contributed by atoms with Gasteiger partial charge in [-0.05, 0) is 43.5 Å². The first-order valence-corrected chi connectivity index (χ1v) is 7.70. The fraction of sp³-hybridized carbons (Fsp3) is 0.571. The molecule has 0 aliphatic rings. The third-order valence-corrected chi connectivity index (χ3v) is 3.68. The van der Waals surface area contributed by atoms with Gasteiger partial charge in [-0.3, -0.25) is 0 Å². The Labute approximate surface area is 123 Å². The quantitative estimate of drug-likeness (QED) is 0.543. The first-order valence-electron chi connectivity index (χ1n) is 6.37. The van der Waals surface area contributed by atoms with Crippen LogP contribution in [0.5, 0.6) is 5.75 Å². The first kappa shape index (κ1) is 15.8. The Hall–Kier alpha value is -0.250. The Morgan fingerprint density at radius 2 is 2.22 bits per heavy atom. The van der Waals surface area contributed by atoms with Crippen molar-refractivity contribution < 1.29 is 4.74 Å². The molecule has 4 heteroatoms. The number of ether oxygens (including phenoxy) is 1. The normalized spacial score (nSPS) is 12.4.